The van der Waals surface area contributed by atoms with Crippen molar-refractivity contribution in [1.29, 1.82) is 0 Å². The predicted octanol–water partition coefficient (Wildman–Crippen LogP) is 3.57. The molecular weight excluding hydrogens is 358 g/mol. The van der Waals surface area contributed by atoms with Crippen LogP contribution in [0.3, 0.4) is 0 Å². The Hall–Kier alpha value is -3.36. The van der Waals surface area contributed by atoms with Gasteiger partial charge < -0.3 is 9.84 Å². The first-order valence-electron chi connectivity index (χ1n) is 7.11. The molecule has 0 aromatic heterocycles. The lowest BCUT2D eigenvalue weighted by atomic mass is 10.1. The molecule has 0 bridgehead atoms. The minimum absolute atomic E-state index is 0.0572. The van der Waals surface area contributed by atoms with Gasteiger partial charge in [-0.3, -0.25) is 9.59 Å². The van der Waals surface area contributed by atoms with Crippen molar-refractivity contribution in [2.45, 2.75) is 6.36 Å². The molecule has 5 nitrogen and oxygen atoms in total. The SMILES string of the molecule is O=C1C(O)=C(c2ccc(F)cc2)C(=O)N1c1ccc(OC(F)(F)F)cc1. The number of rotatable bonds is 3. The summed E-state index contributed by atoms with van der Waals surface area (Å²) < 4.78 is 53.3. The van der Waals surface area contributed by atoms with E-state index in [0.717, 1.165) is 36.4 Å². The summed E-state index contributed by atoms with van der Waals surface area (Å²) in [5, 5.41) is 9.99. The maximum Gasteiger partial charge on any atom is 0.573 e. The van der Waals surface area contributed by atoms with Gasteiger partial charge in [0, 0.05) is 0 Å². The molecule has 26 heavy (non-hydrogen) atoms. The number of carbonyl (C=O) groups excluding carboxylic acids is 2. The summed E-state index contributed by atoms with van der Waals surface area (Å²) in [6.07, 6.45) is -4.88. The zero-order chi connectivity index (χ0) is 19.1. The molecule has 0 aliphatic carbocycles. The molecule has 0 saturated carbocycles. The number of halogens is 4. The number of amides is 2. The molecule has 1 N–H and O–H groups in total. The molecule has 0 saturated heterocycles. The Labute approximate surface area is 143 Å². The molecule has 0 atom stereocenters. The van der Waals surface area contributed by atoms with Crippen molar-refractivity contribution >= 4 is 23.1 Å². The Balaban J connectivity index is 1.90. The third-order valence-electron chi connectivity index (χ3n) is 3.52. The largest absolute Gasteiger partial charge is 0.573 e. The van der Waals surface area contributed by atoms with Crippen molar-refractivity contribution in [2.24, 2.45) is 0 Å². The maximum atomic E-state index is 13.0. The van der Waals surface area contributed by atoms with E-state index < -0.39 is 35.5 Å². The molecule has 0 unspecified atom stereocenters. The minimum atomic E-state index is -4.88. The van der Waals surface area contributed by atoms with Gasteiger partial charge >= 0.3 is 12.3 Å². The number of nitrogens with zero attached hydrogens (tertiary/aromatic N) is 1. The lowest BCUT2D eigenvalue weighted by Gasteiger charge is -2.15. The average molecular weight is 367 g/mol. The summed E-state index contributed by atoms with van der Waals surface area (Å²) in [7, 11) is 0. The molecule has 1 heterocycles. The molecule has 9 heteroatoms. The molecule has 2 aromatic carbocycles. The van der Waals surface area contributed by atoms with Crippen LogP contribution < -0.4 is 9.64 Å². The Kier molecular flexibility index (Phi) is 4.15. The van der Waals surface area contributed by atoms with Gasteiger partial charge in [-0.2, -0.15) is 0 Å². The summed E-state index contributed by atoms with van der Waals surface area (Å²) >= 11 is 0. The van der Waals surface area contributed by atoms with Crippen molar-refractivity contribution in [1.82, 2.24) is 0 Å². The van der Waals surface area contributed by atoms with Gasteiger partial charge in [-0.1, -0.05) is 12.1 Å². The van der Waals surface area contributed by atoms with Gasteiger partial charge in [0.15, 0.2) is 5.76 Å². The number of anilines is 1. The van der Waals surface area contributed by atoms with E-state index in [1.807, 2.05) is 0 Å². The van der Waals surface area contributed by atoms with Crippen LogP contribution in [0.4, 0.5) is 23.2 Å². The number of hydrogen-bond acceptors (Lipinski definition) is 4. The first kappa shape index (κ1) is 17.5. The summed E-state index contributed by atoms with van der Waals surface area (Å²) in [6, 6.07) is 8.53. The Morgan fingerprint density at radius 1 is 0.885 bits per heavy atom. The number of ether oxygens (including phenoxy) is 1. The second-order valence-corrected chi connectivity index (χ2v) is 5.22. The first-order chi connectivity index (χ1) is 12.2. The summed E-state index contributed by atoms with van der Waals surface area (Å²) in [6.45, 7) is 0. The van der Waals surface area contributed by atoms with Crippen LogP contribution in [0, 0.1) is 5.82 Å². The highest BCUT2D eigenvalue weighted by atomic mass is 19.4. The van der Waals surface area contributed by atoms with Crippen molar-refractivity contribution in [3.8, 4) is 5.75 Å². The predicted molar refractivity (Wildman–Crippen MR) is 81.6 cm³/mol. The highest BCUT2D eigenvalue weighted by Crippen LogP contribution is 2.33. The van der Waals surface area contributed by atoms with E-state index in [9.17, 15) is 32.3 Å². The van der Waals surface area contributed by atoms with E-state index in [1.54, 1.807) is 0 Å². The average Bonchev–Trinajstić information content (AvgIpc) is 2.78. The smallest absolute Gasteiger partial charge is 0.502 e. The molecule has 1 aliphatic rings. The van der Waals surface area contributed by atoms with Crippen molar-refractivity contribution in [3.05, 3.63) is 65.7 Å². The standard InChI is InChI=1S/C17H9F4NO4/c18-10-3-1-9(2-4-10)13-14(23)16(25)22(15(13)24)11-5-7-12(8-6-11)26-17(19,20)21/h1-8,23H. The van der Waals surface area contributed by atoms with Gasteiger partial charge in [-0.15, -0.1) is 13.2 Å². The lowest BCUT2D eigenvalue weighted by molar-refractivity contribution is -0.274. The maximum absolute atomic E-state index is 13.0. The van der Waals surface area contributed by atoms with Crippen LogP contribution in [-0.2, 0) is 9.59 Å². The topological polar surface area (TPSA) is 66.8 Å². The third-order valence-corrected chi connectivity index (χ3v) is 3.52. The van der Waals surface area contributed by atoms with Gasteiger partial charge in [-0.05, 0) is 42.0 Å². The quantitative estimate of drug-likeness (QED) is 0.665. The number of carbonyl (C=O) groups is 2. The number of aliphatic hydroxyl groups is 1. The van der Waals surface area contributed by atoms with Crippen LogP contribution in [0.2, 0.25) is 0 Å². The Bertz CT molecular complexity index is 902. The zero-order valence-corrected chi connectivity index (χ0v) is 12.7. The molecule has 1 aliphatic heterocycles. The molecule has 134 valence electrons. The van der Waals surface area contributed by atoms with Crippen molar-refractivity contribution in [3.63, 3.8) is 0 Å². The van der Waals surface area contributed by atoms with E-state index in [1.165, 1.54) is 12.1 Å². The number of hydrogen-bond donors (Lipinski definition) is 1. The highest BCUT2D eigenvalue weighted by molar-refractivity contribution is 6.44. The second kappa shape index (κ2) is 6.17. The van der Waals surface area contributed by atoms with Crippen molar-refractivity contribution < 1.29 is 37.0 Å². The Morgan fingerprint density at radius 3 is 2.00 bits per heavy atom. The van der Waals surface area contributed by atoms with Crippen LogP contribution in [0.5, 0.6) is 5.75 Å². The number of aliphatic hydroxyl groups excluding tert-OH is 1. The first-order valence-corrected chi connectivity index (χ1v) is 7.11. The fraction of sp³-hybridized carbons (Fsp3) is 0.0588. The molecule has 2 amide bonds. The Morgan fingerprint density at radius 2 is 1.46 bits per heavy atom. The van der Waals surface area contributed by atoms with Gasteiger partial charge in [0.1, 0.15) is 11.6 Å². The monoisotopic (exact) mass is 367 g/mol. The molecule has 0 fully saturated rings. The molecule has 0 radical (unpaired) electrons. The van der Waals surface area contributed by atoms with E-state index in [2.05, 4.69) is 4.74 Å². The molecule has 0 spiro atoms. The third kappa shape index (κ3) is 3.23. The van der Waals surface area contributed by atoms with Crippen LogP contribution in [0.1, 0.15) is 5.56 Å². The van der Waals surface area contributed by atoms with Gasteiger partial charge in [0.25, 0.3) is 5.91 Å². The number of alkyl halides is 3. The highest BCUT2D eigenvalue weighted by Gasteiger charge is 2.40. The van der Waals surface area contributed by atoms with E-state index in [-0.39, 0.29) is 16.8 Å². The number of imide groups is 1. The van der Waals surface area contributed by atoms with Crippen LogP contribution in [0.25, 0.3) is 5.57 Å². The molecule has 2 aromatic rings. The zero-order valence-electron chi connectivity index (χ0n) is 12.7. The normalized spacial score (nSPS) is 15.0. The van der Waals surface area contributed by atoms with Gasteiger partial charge in [-0.25, -0.2) is 9.29 Å². The van der Waals surface area contributed by atoms with E-state index >= 15 is 0 Å². The van der Waals surface area contributed by atoms with Crippen LogP contribution in [-0.4, -0.2) is 23.3 Å². The summed E-state index contributed by atoms with van der Waals surface area (Å²) in [5.41, 5.74) is -0.259. The summed E-state index contributed by atoms with van der Waals surface area (Å²) in [5.74, 6) is -3.86. The van der Waals surface area contributed by atoms with Crippen LogP contribution >= 0.6 is 0 Å². The molecular formula is C17H9F4NO4. The van der Waals surface area contributed by atoms with E-state index in [0.29, 0.717) is 4.90 Å². The fourth-order valence-corrected chi connectivity index (χ4v) is 2.43. The summed E-state index contributed by atoms with van der Waals surface area (Å²) in [4.78, 5) is 25.3. The van der Waals surface area contributed by atoms with E-state index in [4.69, 9.17) is 0 Å². The van der Waals surface area contributed by atoms with Crippen molar-refractivity contribution in [2.75, 3.05) is 4.90 Å². The van der Waals surface area contributed by atoms with Gasteiger partial charge in [0.05, 0.1) is 11.3 Å². The number of benzene rings is 2. The minimum Gasteiger partial charge on any atom is -0.502 e. The molecule has 3 rings (SSSR count). The fourth-order valence-electron chi connectivity index (χ4n) is 2.43. The van der Waals surface area contributed by atoms with Gasteiger partial charge in [0.2, 0.25) is 0 Å². The second-order valence-electron chi connectivity index (χ2n) is 5.22. The van der Waals surface area contributed by atoms with Crippen LogP contribution in [0.15, 0.2) is 54.3 Å². The lowest BCUT2D eigenvalue weighted by Crippen LogP contribution is -2.31.